The van der Waals surface area contributed by atoms with E-state index in [4.69, 9.17) is 5.11 Å². The van der Waals surface area contributed by atoms with Crippen molar-refractivity contribution in [2.45, 2.75) is 13.0 Å². The number of carbonyl (C=O) groups excluding carboxylic acids is 1. The van der Waals surface area contributed by atoms with Gasteiger partial charge >= 0.3 is 5.97 Å². The Morgan fingerprint density at radius 1 is 1.27 bits per heavy atom. The fourth-order valence-electron chi connectivity index (χ4n) is 2.28. The number of aromatic carboxylic acids is 1. The molecule has 10 heteroatoms. The van der Waals surface area contributed by atoms with Crippen LogP contribution in [0.15, 0.2) is 12.4 Å². The van der Waals surface area contributed by atoms with Crippen LogP contribution >= 0.6 is 0 Å². The maximum Gasteiger partial charge on any atom is 0.338 e. The van der Waals surface area contributed by atoms with E-state index in [0.29, 0.717) is 13.1 Å². The van der Waals surface area contributed by atoms with Gasteiger partial charge in [0.25, 0.3) is 0 Å². The predicted molar refractivity (Wildman–Crippen MR) is 76.9 cm³/mol. The molecule has 1 amide bonds. The van der Waals surface area contributed by atoms with E-state index < -0.39 is 22.0 Å². The van der Waals surface area contributed by atoms with Gasteiger partial charge in [0, 0.05) is 32.4 Å². The minimum absolute atomic E-state index is 0.0153. The Morgan fingerprint density at radius 3 is 2.32 bits per heavy atom. The van der Waals surface area contributed by atoms with Crippen molar-refractivity contribution in [3.63, 3.8) is 0 Å². The van der Waals surface area contributed by atoms with Gasteiger partial charge in [-0.1, -0.05) is 0 Å². The number of nitrogens with zero attached hydrogens (tertiary/aromatic N) is 4. The lowest BCUT2D eigenvalue weighted by Crippen LogP contribution is -2.51. The Kier molecular flexibility index (Phi) is 4.52. The molecule has 0 bridgehead atoms. The van der Waals surface area contributed by atoms with Gasteiger partial charge in [-0.15, -0.1) is 0 Å². The van der Waals surface area contributed by atoms with E-state index in [9.17, 15) is 18.0 Å². The Labute approximate surface area is 128 Å². The molecule has 2 rings (SSSR count). The standard InChI is InChI=1S/C12H18N4O5S/c1-9(16-8-10(7-13-16)12(18)19)11(17)14-3-5-15(6-4-14)22(2,20)21/h7-9H,3-6H2,1-2H3,(H,18,19). The van der Waals surface area contributed by atoms with Crippen LogP contribution in [0.5, 0.6) is 0 Å². The van der Waals surface area contributed by atoms with Crippen molar-refractivity contribution in [3.8, 4) is 0 Å². The molecule has 1 aromatic heterocycles. The maximum absolute atomic E-state index is 12.4. The number of aromatic nitrogens is 2. The van der Waals surface area contributed by atoms with Gasteiger partial charge < -0.3 is 10.0 Å². The topological polar surface area (TPSA) is 113 Å². The maximum atomic E-state index is 12.4. The molecule has 1 atom stereocenters. The zero-order valence-electron chi connectivity index (χ0n) is 12.3. The van der Waals surface area contributed by atoms with Gasteiger partial charge in [-0.05, 0) is 6.92 Å². The van der Waals surface area contributed by atoms with Gasteiger partial charge in [-0.25, -0.2) is 13.2 Å². The van der Waals surface area contributed by atoms with Crippen molar-refractivity contribution in [2.24, 2.45) is 0 Å². The summed E-state index contributed by atoms with van der Waals surface area (Å²) < 4.78 is 25.5. The SMILES string of the molecule is CC(C(=O)N1CCN(S(C)(=O)=O)CC1)n1cc(C(=O)O)cn1. The van der Waals surface area contributed by atoms with Crippen molar-refractivity contribution in [2.75, 3.05) is 32.4 Å². The number of carbonyl (C=O) groups is 2. The molecular formula is C12H18N4O5S. The molecule has 22 heavy (non-hydrogen) atoms. The second-order valence-electron chi connectivity index (χ2n) is 5.18. The third kappa shape index (κ3) is 3.45. The first-order valence-corrected chi connectivity index (χ1v) is 8.56. The second-order valence-corrected chi connectivity index (χ2v) is 7.16. The van der Waals surface area contributed by atoms with Crippen molar-refractivity contribution in [1.29, 1.82) is 0 Å². The average Bonchev–Trinajstić information content (AvgIpc) is 2.95. The molecule has 1 unspecified atom stereocenters. The Bertz CT molecular complexity index is 675. The highest BCUT2D eigenvalue weighted by molar-refractivity contribution is 7.88. The molecular weight excluding hydrogens is 312 g/mol. The quantitative estimate of drug-likeness (QED) is 0.777. The summed E-state index contributed by atoms with van der Waals surface area (Å²) in [5.41, 5.74) is 0.0153. The predicted octanol–water partition coefficient (Wildman–Crippen LogP) is -0.754. The molecule has 0 aromatic carbocycles. The van der Waals surface area contributed by atoms with Crippen molar-refractivity contribution < 1.29 is 23.1 Å². The molecule has 2 heterocycles. The zero-order valence-corrected chi connectivity index (χ0v) is 13.2. The largest absolute Gasteiger partial charge is 0.478 e. The molecule has 1 N–H and O–H groups in total. The molecule has 1 aliphatic heterocycles. The molecule has 122 valence electrons. The van der Waals surface area contributed by atoms with Crippen LogP contribution in [0.1, 0.15) is 23.3 Å². The summed E-state index contributed by atoms with van der Waals surface area (Å²) in [7, 11) is -3.24. The smallest absolute Gasteiger partial charge is 0.338 e. The van der Waals surface area contributed by atoms with E-state index >= 15 is 0 Å². The second kappa shape index (κ2) is 6.05. The summed E-state index contributed by atoms with van der Waals surface area (Å²) >= 11 is 0. The number of sulfonamides is 1. The lowest BCUT2D eigenvalue weighted by Gasteiger charge is -2.34. The monoisotopic (exact) mass is 330 g/mol. The van der Waals surface area contributed by atoms with Crippen LogP contribution in [0.3, 0.4) is 0 Å². The van der Waals surface area contributed by atoms with Crippen LogP contribution in [0.25, 0.3) is 0 Å². The van der Waals surface area contributed by atoms with Crippen LogP contribution in [0.2, 0.25) is 0 Å². The highest BCUT2D eigenvalue weighted by Gasteiger charge is 2.29. The van der Waals surface area contributed by atoms with Gasteiger partial charge in [0.15, 0.2) is 0 Å². The van der Waals surface area contributed by atoms with Crippen LogP contribution in [-0.4, -0.2) is 76.8 Å². The summed E-state index contributed by atoms with van der Waals surface area (Å²) in [4.78, 5) is 24.8. The minimum atomic E-state index is -3.24. The summed E-state index contributed by atoms with van der Waals surface area (Å²) in [5.74, 6) is -1.32. The Hall–Kier alpha value is -1.94. The van der Waals surface area contributed by atoms with E-state index in [1.807, 2.05) is 0 Å². The molecule has 1 aromatic rings. The zero-order chi connectivity index (χ0) is 16.5. The fourth-order valence-corrected chi connectivity index (χ4v) is 3.10. The number of carboxylic acids is 1. The molecule has 1 saturated heterocycles. The summed E-state index contributed by atoms with van der Waals surface area (Å²) in [5, 5.41) is 12.8. The average molecular weight is 330 g/mol. The van der Waals surface area contributed by atoms with Crippen LogP contribution in [-0.2, 0) is 14.8 Å². The van der Waals surface area contributed by atoms with E-state index in [-0.39, 0.29) is 24.6 Å². The molecule has 1 fully saturated rings. The first-order valence-electron chi connectivity index (χ1n) is 6.71. The number of carboxylic acid groups (broad SMARTS) is 1. The number of hydrogen-bond donors (Lipinski definition) is 1. The summed E-state index contributed by atoms with van der Waals surface area (Å²) in [6.45, 7) is 2.77. The van der Waals surface area contributed by atoms with Crippen molar-refractivity contribution >= 4 is 21.9 Å². The third-order valence-corrected chi connectivity index (χ3v) is 4.93. The third-order valence-electron chi connectivity index (χ3n) is 3.62. The molecule has 0 spiro atoms. The molecule has 0 saturated carbocycles. The summed E-state index contributed by atoms with van der Waals surface area (Å²) in [6.07, 6.45) is 3.63. The van der Waals surface area contributed by atoms with Gasteiger partial charge in [-0.2, -0.15) is 9.40 Å². The van der Waals surface area contributed by atoms with Crippen molar-refractivity contribution in [3.05, 3.63) is 18.0 Å². The lowest BCUT2D eigenvalue weighted by molar-refractivity contribution is -0.135. The molecule has 1 aliphatic rings. The number of rotatable bonds is 4. The lowest BCUT2D eigenvalue weighted by atomic mass is 10.2. The number of piperazine rings is 1. The van der Waals surface area contributed by atoms with Crippen LogP contribution < -0.4 is 0 Å². The van der Waals surface area contributed by atoms with Crippen LogP contribution in [0.4, 0.5) is 0 Å². The number of amides is 1. The molecule has 0 aliphatic carbocycles. The van der Waals surface area contributed by atoms with Gasteiger partial charge in [0.05, 0.1) is 18.0 Å². The van der Waals surface area contributed by atoms with Gasteiger partial charge in [-0.3, -0.25) is 9.48 Å². The highest BCUT2D eigenvalue weighted by Crippen LogP contribution is 2.14. The van der Waals surface area contributed by atoms with Gasteiger partial charge in [0.2, 0.25) is 15.9 Å². The Balaban J connectivity index is 2.01. The first-order chi connectivity index (χ1) is 10.2. The highest BCUT2D eigenvalue weighted by atomic mass is 32.2. The first kappa shape index (κ1) is 16.4. The molecule has 9 nitrogen and oxygen atoms in total. The van der Waals surface area contributed by atoms with E-state index in [1.54, 1.807) is 11.8 Å². The van der Waals surface area contributed by atoms with Gasteiger partial charge in [0.1, 0.15) is 6.04 Å². The fraction of sp³-hybridized carbons (Fsp3) is 0.583. The minimum Gasteiger partial charge on any atom is -0.478 e. The molecule has 0 radical (unpaired) electrons. The normalized spacial score (nSPS) is 18.2. The summed E-state index contributed by atoms with van der Waals surface area (Å²) in [6, 6.07) is -0.641. The Morgan fingerprint density at radius 2 is 1.86 bits per heavy atom. The van der Waals surface area contributed by atoms with Crippen molar-refractivity contribution in [1.82, 2.24) is 19.0 Å². The number of hydrogen-bond acceptors (Lipinski definition) is 5. The van der Waals surface area contributed by atoms with E-state index in [2.05, 4.69) is 5.10 Å². The van der Waals surface area contributed by atoms with E-state index in [0.717, 1.165) is 6.26 Å². The van der Waals surface area contributed by atoms with E-state index in [1.165, 1.54) is 21.4 Å². The van der Waals surface area contributed by atoms with Crippen LogP contribution in [0, 0.1) is 0 Å².